The van der Waals surface area contributed by atoms with Gasteiger partial charge >= 0.3 is 0 Å². The van der Waals surface area contributed by atoms with Gasteiger partial charge in [-0.15, -0.1) is 0 Å². The van der Waals surface area contributed by atoms with Crippen LogP contribution in [0.25, 0.3) is 5.82 Å². The van der Waals surface area contributed by atoms with Crippen molar-refractivity contribution in [3.63, 3.8) is 0 Å². The summed E-state index contributed by atoms with van der Waals surface area (Å²) in [4.78, 5) is 20.7. The molecule has 0 aliphatic rings. The van der Waals surface area contributed by atoms with E-state index >= 15 is 0 Å². The van der Waals surface area contributed by atoms with E-state index < -0.39 is 0 Å². The molecule has 0 atom stereocenters. The summed E-state index contributed by atoms with van der Waals surface area (Å²) in [6.07, 6.45) is 8.31. The lowest BCUT2D eigenvalue weighted by molar-refractivity contribution is 0.0895. The quantitative estimate of drug-likeness (QED) is 0.843. The topological polar surface area (TPSA) is 85.8 Å². The first-order chi connectivity index (χ1) is 10.1. The van der Waals surface area contributed by atoms with Crippen LogP contribution in [0.5, 0.6) is 0 Å². The zero-order chi connectivity index (χ0) is 15.3. The molecule has 21 heavy (non-hydrogen) atoms. The summed E-state index contributed by atoms with van der Waals surface area (Å²) >= 11 is 0. The summed E-state index contributed by atoms with van der Waals surface area (Å²) in [7, 11) is 0. The molecule has 0 bridgehead atoms. The Bertz CT molecular complexity index is 582. The zero-order valence-corrected chi connectivity index (χ0v) is 12.4. The Balaban J connectivity index is 2.22. The summed E-state index contributed by atoms with van der Waals surface area (Å²) < 4.78 is 1.76. The molecule has 0 saturated heterocycles. The number of hydrogen-bond acceptors (Lipinski definition) is 4. The lowest BCUT2D eigenvalue weighted by Crippen LogP contribution is -2.52. The number of amides is 1. The minimum absolute atomic E-state index is 0.132. The second kappa shape index (κ2) is 6.49. The van der Waals surface area contributed by atoms with Crippen LogP contribution in [-0.2, 0) is 0 Å². The molecule has 0 aromatic carbocycles. The molecule has 2 rings (SSSR count). The highest BCUT2D eigenvalue weighted by Crippen LogP contribution is 2.15. The van der Waals surface area contributed by atoms with Gasteiger partial charge in [0.05, 0.1) is 5.54 Å². The predicted octanol–water partition coefficient (Wildman–Crippen LogP) is 1.51. The minimum atomic E-state index is -0.352. The Kier molecular flexibility index (Phi) is 4.70. The Hall–Kier alpha value is -2.21. The summed E-state index contributed by atoms with van der Waals surface area (Å²) in [5, 5.41) is 3.05. The molecule has 3 N–H and O–H groups in total. The molecule has 0 radical (unpaired) electrons. The first kappa shape index (κ1) is 15.2. The highest BCUT2D eigenvalue weighted by atomic mass is 16.1. The monoisotopic (exact) mass is 287 g/mol. The van der Waals surface area contributed by atoms with Crippen molar-refractivity contribution < 1.29 is 4.79 Å². The lowest BCUT2D eigenvalue weighted by Gasteiger charge is -2.31. The van der Waals surface area contributed by atoms with Gasteiger partial charge in [-0.25, -0.2) is 9.97 Å². The summed E-state index contributed by atoms with van der Waals surface area (Å²) in [5.41, 5.74) is 6.03. The average Bonchev–Trinajstić information content (AvgIpc) is 3.07. The van der Waals surface area contributed by atoms with Gasteiger partial charge in [0.15, 0.2) is 0 Å². The summed E-state index contributed by atoms with van der Waals surface area (Å²) in [5.74, 6) is 0.527. The number of rotatable bonds is 6. The molecular weight excluding hydrogens is 266 g/mol. The smallest absolute Gasteiger partial charge is 0.251 e. The number of nitrogens with one attached hydrogen (secondary N) is 1. The van der Waals surface area contributed by atoms with E-state index in [4.69, 9.17) is 5.73 Å². The van der Waals surface area contributed by atoms with Gasteiger partial charge in [-0.1, -0.05) is 13.8 Å². The van der Waals surface area contributed by atoms with Crippen molar-refractivity contribution in [3.8, 4) is 5.82 Å². The van der Waals surface area contributed by atoms with E-state index in [2.05, 4.69) is 15.3 Å². The van der Waals surface area contributed by atoms with Crippen LogP contribution in [0, 0.1) is 0 Å². The molecule has 1 amide bonds. The molecule has 2 aromatic rings. The van der Waals surface area contributed by atoms with Gasteiger partial charge in [0.2, 0.25) is 0 Å². The number of imidazole rings is 1. The number of carbonyl (C=O) groups is 1. The van der Waals surface area contributed by atoms with E-state index in [0.29, 0.717) is 17.9 Å². The molecule has 2 heterocycles. The standard InChI is InChI=1S/C15H21N5O/c1-3-15(4-2,10-16)19-14(21)12-5-6-18-13(9-12)20-8-7-17-11-20/h5-9,11H,3-4,10,16H2,1-2H3,(H,19,21). The summed E-state index contributed by atoms with van der Waals surface area (Å²) in [6, 6.07) is 3.44. The molecule has 0 spiro atoms. The number of hydrogen-bond donors (Lipinski definition) is 2. The van der Waals surface area contributed by atoms with Crippen LogP contribution in [0.4, 0.5) is 0 Å². The molecule has 112 valence electrons. The van der Waals surface area contributed by atoms with Crippen molar-refractivity contribution in [2.24, 2.45) is 5.73 Å². The van der Waals surface area contributed by atoms with Crippen molar-refractivity contribution in [3.05, 3.63) is 42.6 Å². The van der Waals surface area contributed by atoms with Crippen molar-refractivity contribution >= 4 is 5.91 Å². The van der Waals surface area contributed by atoms with Crippen LogP contribution in [-0.4, -0.2) is 32.5 Å². The first-order valence-corrected chi connectivity index (χ1v) is 7.11. The van der Waals surface area contributed by atoms with E-state index in [-0.39, 0.29) is 11.4 Å². The second-order valence-corrected chi connectivity index (χ2v) is 5.02. The largest absolute Gasteiger partial charge is 0.345 e. The maximum atomic E-state index is 12.4. The second-order valence-electron chi connectivity index (χ2n) is 5.02. The minimum Gasteiger partial charge on any atom is -0.345 e. The Morgan fingerprint density at radius 2 is 2.14 bits per heavy atom. The van der Waals surface area contributed by atoms with Gasteiger partial charge in [0.1, 0.15) is 12.1 Å². The van der Waals surface area contributed by atoms with Crippen molar-refractivity contribution in [1.82, 2.24) is 19.9 Å². The lowest BCUT2D eigenvalue weighted by atomic mass is 9.92. The molecule has 2 aromatic heterocycles. The summed E-state index contributed by atoms with van der Waals surface area (Å²) in [6.45, 7) is 4.48. The van der Waals surface area contributed by atoms with Crippen LogP contribution in [0.2, 0.25) is 0 Å². The number of pyridine rings is 1. The van der Waals surface area contributed by atoms with E-state index in [1.165, 1.54) is 0 Å². The molecule has 0 aliphatic carbocycles. The van der Waals surface area contributed by atoms with Crippen molar-refractivity contribution in [1.29, 1.82) is 0 Å². The third-order valence-electron chi connectivity index (χ3n) is 3.90. The third kappa shape index (κ3) is 3.28. The molecule has 0 fully saturated rings. The van der Waals surface area contributed by atoms with Gasteiger partial charge < -0.3 is 11.1 Å². The molecule has 6 nitrogen and oxygen atoms in total. The Morgan fingerprint density at radius 1 is 1.38 bits per heavy atom. The van der Waals surface area contributed by atoms with Crippen LogP contribution >= 0.6 is 0 Å². The zero-order valence-electron chi connectivity index (χ0n) is 12.4. The first-order valence-electron chi connectivity index (χ1n) is 7.11. The van der Waals surface area contributed by atoms with Crippen molar-refractivity contribution in [2.45, 2.75) is 32.2 Å². The van der Waals surface area contributed by atoms with E-state index in [1.54, 1.807) is 41.6 Å². The molecule has 0 saturated carbocycles. The van der Waals surface area contributed by atoms with E-state index in [1.807, 2.05) is 13.8 Å². The highest BCUT2D eigenvalue weighted by molar-refractivity contribution is 5.95. The Labute approximate surface area is 124 Å². The number of nitrogens with two attached hydrogens (primary N) is 1. The molecule has 0 unspecified atom stereocenters. The fraction of sp³-hybridized carbons (Fsp3) is 0.400. The van der Waals surface area contributed by atoms with Crippen LogP contribution in [0.1, 0.15) is 37.0 Å². The number of nitrogens with zero attached hydrogens (tertiary/aromatic N) is 3. The maximum Gasteiger partial charge on any atom is 0.251 e. The number of aromatic nitrogens is 3. The fourth-order valence-corrected chi connectivity index (χ4v) is 2.17. The molecular formula is C15H21N5O. The third-order valence-corrected chi connectivity index (χ3v) is 3.90. The van der Waals surface area contributed by atoms with Crippen LogP contribution in [0.3, 0.4) is 0 Å². The van der Waals surface area contributed by atoms with Crippen molar-refractivity contribution in [2.75, 3.05) is 6.54 Å². The Morgan fingerprint density at radius 3 is 2.71 bits per heavy atom. The van der Waals surface area contributed by atoms with Gasteiger partial charge in [0, 0.05) is 30.7 Å². The number of carbonyl (C=O) groups excluding carboxylic acids is 1. The van der Waals surface area contributed by atoms with Gasteiger partial charge in [-0.05, 0) is 25.0 Å². The molecule has 6 heteroatoms. The van der Waals surface area contributed by atoms with Gasteiger partial charge in [-0.2, -0.15) is 0 Å². The molecule has 0 aliphatic heterocycles. The fourth-order valence-electron chi connectivity index (χ4n) is 2.17. The van der Waals surface area contributed by atoms with Gasteiger partial charge in [-0.3, -0.25) is 9.36 Å². The van der Waals surface area contributed by atoms with Crippen LogP contribution in [0.15, 0.2) is 37.1 Å². The van der Waals surface area contributed by atoms with E-state index in [0.717, 1.165) is 12.8 Å². The SMILES string of the molecule is CCC(CC)(CN)NC(=O)c1ccnc(-n2ccnc2)c1. The average molecular weight is 287 g/mol. The van der Waals surface area contributed by atoms with Gasteiger partial charge in [0.25, 0.3) is 5.91 Å². The van der Waals surface area contributed by atoms with E-state index in [9.17, 15) is 4.79 Å². The highest BCUT2D eigenvalue weighted by Gasteiger charge is 2.26. The van der Waals surface area contributed by atoms with Crippen LogP contribution < -0.4 is 11.1 Å². The normalized spacial score (nSPS) is 11.4. The maximum absolute atomic E-state index is 12.4. The predicted molar refractivity (Wildman–Crippen MR) is 81.2 cm³/mol.